The molecule has 0 radical (unpaired) electrons. The van der Waals surface area contributed by atoms with Gasteiger partial charge in [0.05, 0.1) is 17.8 Å². The lowest BCUT2D eigenvalue weighted by Crippen LogP contribution is -2.60. The van der Waals surface area contributed by atoms with Crippen molar-refractivity contribution in [2.75, 3.05) is 6.61 Å². The molecular weight excluding hydrogens is 428 g/mol. The Morgan fingerprint density at radius 3 is 2.71 bits per heavy atom. The first-order valence-corrected chi connectivity index (χ1v) is 14.2. The van der Waals surface area contributed by atoms with E-state index in [4.69, 9.17) is 14.2 Å². The molecule has 0 aromatic heterocycles. The third kappa shape index (κ3) is 2.81. The molecular formula is C29H42O5. The molecule has 10 atom stereocenters. The normalized spacial score (nSPS) is 56.0. The number of hydrogen-bond donors (Lipinski definition) is 1. The van der Waals surface area contributed by atoms with Crippen LogP contribution in [0.5, 0.6) is 0 Å². The van der Waals surface area contributed by atoms with Crippen molar-refractivity contribution >= 4 is 5.97 Å². The van der Waals surface area contributed by atoms with Gasteiger partial charge >= 0.3 is 5.97 Å². The number of fused-ring (bicyclic) bond motifs is 2. The van der Waals surface area contributed by atoms with Gasteiger partial charge in [0.15, 0.2) is 6.29 Å². The fourth-order valence-electron chi connectivity index (χ4n) is 10.7. The Labute approximate surface area is 204 Å². The molecule has 10 unspecified atom stereocenters. The number of carbonyl (C=O) groups is 1. The Hall–Kier alpha value is -0.910. The van der Waals surface area contributed by atoms with Gasteiger partial charge in [-0.15, -0.1) is 0 Å². The van der Waals surface area contributed by atoms with Crippen molar-refractivity contribution in [1.82, 2.24) is 0 Å². The van der Waals surface area contributed by atoms with E-state index in [1.807, 2.05) is 0 Å². The molecule has 1 saturated heterocycles. The van der Waals surface area contributed by atoms with Gasteiger partial charge in [-0.1, -0.05) is 6.92 Å². The van der Waals surface area contributed by atoms with Gasteiger partial charge in [0.2, 0.25) is 0 Å². The molecule has 5 heteroatoms. The monoisotopic (exact) mass is 470 g/mol. The minimum atomic E-state index is -0.601. The molecule has 0 aromatic rings. The zero-order chi connectivity index (χ0) is 23.3. The van der Waals surface area contributed by atoms with Crippen LogP contribution in [0.1, 0.15) is 97.3 Å². The lowest BCUT2D eigenvalue weighted by atomic mass is 9.47. The van der Waals surface area contributed by atoms with Crippen LogP contribution >= 0.6 is 0 Å². The van der Waals surface area contributed by atoms with Crippen LogP contribution in [0.3, 0.4) is 0 Å². The topological polar surface area (TPSA) is 65.0 Å². The zero-order valence-corrected chi connectivity index (χ0v) is 21.0. The van der Waals surface area contributed by atoms with Crippen LogP contribution in [-0.4, -0.2) is 41.8 Å². The smallest absolute Gasteiger partial charge is 0.331 e. The highest BCUT2D eigenvalue weighted by Crippen LogP contribution is 2.86. The molecule has 7 aliphatic rings. The molecule has 5 nitrogen and oxygen atoms in total. The van der Waals surface area contributed by atoms with Crippen LogP contribution in [0.15, 0.2) is 11.6 Å². The summed E-state index contributed by atoms with van der Waals surface area (Å²) in [6.07, 6.45) is 17.4. The predicted molar refractivity (Wildman–Crippen MR) is 127 cm³/mol. The summed E-state index contributed by atoms with van der Waals surface area (Å²) in [4.78, 5) is 11.8. The number of esters is 1. The van der Waals surface area contributed by atoms with Crippen molar-refractivity contribution in [3.05, 3.63) is 11.6 Å². The number of hydrogen-bond acceptors (Lipinski definition) is 5. The molecule has 1 N–H and O–H groups in total. The largest absolute Gasteiger partial charge is 0.458 e. The van der Waals surface area contributed by atoms with Crippen molar-refractivity contribution in [2.45, 2.75) is 121 Å². The summed E-state index contributed by atoms with van der Waals surface area (Å²) in [5.41, 5.74) is 1.19. The van der Waals surface area contributed by atoms with Gasteiger partial charge in [-0.2, -0.15) is 0 Å². The van der Waals surface area contributed by atoms with Gasteiger partial charge in [-0.25, -0.2) is 4.79 Å². The van der Waals surface area contributed by atoms with Crippen LogP contribution in [0.2, 0.25) is 0 Å². The van der Waals surface area contributed by atoms with Crippen LogP contribution < -0.4 is 0 Å². The van der Waals surface area contributed by atoms with Crippen molar-refractivity contribution in [1.29, 1.82) is 0 Å². The third-order valence-corrected chi connectivity index (χ3v) is 12.4. The van der Waals surface area contributed by atoms with E-state index in [9.17, 15) is 9.90 Å². The second kappa shape index (κ2) is 7.32. The van der Waals surface area contributed by atoms with Gasteiger partial charge in [0.1, 0.15) is 6.61 Å². The van der Waals surface area contributed by atoms with Crippen molar-refractivity contribution in [2.24, 2.45) is 34.0 Å². The first-order valence-electron chi connectivity index (χ1n) is 14.2. The fourth-order valence-corrected chi connectivity index (χ4v) is 10.7. The average molecular weight is 471 g/mol. The number of ether oxygens (including phenoxy) is 3. The van der Waals surface area contributed by atoms with E-state index in [1.165, 1.54) is 38.5 Å². The molecule has 2 spiro atoms. The highest BCUT2D eigenvalue weighted by molar-refractivity contribution is 5.85. The second-order valence-electron chi connectivity index (χ2n) is 13.4. The van der Waals surface area contributed by atoms with Crippen LogP contribution in [0.25, 0.3) is 0 Å². The standard InChI is InChI=1S/C29H42O5/c1-18-4-3-5-25(33-18)34-21-8-10-27-17-28(27)13-12-26(2)22(19-14-24(30)32-16-19)9-11-29(26,31)23(28)7-6-20(27)15-21/h14,18,20-23,25,31H,3-13,15-17H2,1-2H3. The maximum atomic E-state index is 12.4. The molecule has 7 rings (SSSR count). The van der Waals surface area contributed by atoms with Crippen LogP contribution in [0.4, 0.5) is 0 Å². The lowest BCUT2D eigenvalue weighted by Gasteiger charge is -2.60. The Kier molecular flexibility index (Phi) is 4.80. The minimum absolute atomic E-state index is 0.000391. The second-order valence-corrected chi connectivity index (χ2v) is 13.4. The summed E-state index contributed by atoms with van der Waals surface area (Å²) in [6, 6.07) is 0. The first kappa shape index (κ1) is 22.3. The fraction of sp³-hybridized carbons (Fsp3) is 0.897. The van der Waals surface area contributed by atoms with E-state index in [-0.39, 0.29) is 23.6 Å². The molecule has 188 valence electrons. The van der Waals surface area contributed by atoms with E-state index >= 15 is 0 Å². The molecule has 0 aromatic carbocycles. The Bertz CT molecular complexity index is 914. The highest BCUT2D eigenvalue weighted by Gasteiger charge is 2.81. The van der Waals surface area contributed by atoms with E-state index in [0.717, 1.165) is 56.4 Å². The lowest BCUT2D eigenvalue weighted by molar-refractivity contribution is -0.227. The minimum Gasteiger partial charge on any atom is -0.458 e. The van der Waals surface area contributed by atoms with E-state index < -0.39 is 5.60 Å². The Morgan fingerprint density at radius 1 is 1.03 bits per heavy atom. The molecule has 5 aliphatic carbocycles. The predicted octanol–water partition coefficient (Wildman–Crippen LogP) is 5.30. The first-order chi connectivity index (χ1) is 16.3. The summed E-state index contributed by atoms with van der Waals surface area (Å²) in [5.74, 6) is 1.25. The molecule has 2 aliphatic heterocycles. The van der Waals surface area contributed by atoms with Crippen molar-refractivity contribution in [3.63, 3.8) is 0 Å². The van der Waals surface area contributed by atoms with Gasteiger partial charge in [0.25, 0.3) is 0 Å². The maximum Gasteiger partial charge on any atom is 0.331 e. The number of rotatable bonds is 3. The molecule has 5 saturated carbocycles. The molecule has 6 fully saturated rings. The van der Waals surface area contributed by atoms with E-state index in [2.05, 4.69) is 13.8 Å². The van der Waals surface area contributed by atoms with Crippen LogP contribution in [-0.2, 0) is 19.0 Å². The zero-order valence-electron chi connectivity index (χ0n) is 21.0. The Balaban J connectivity index is 1.09. The Morgan fingerprint density at radius 2 is 1.91 bits per heavy atom. The quantitative estimate of drug-likeness (QED) is 0.448. The summed E-state index contributed by atoms with van der Waals surface area (Å²) < 4.78 is 17.9. The summed E-state index contributed by atoms with van der Waals surface area (Å²) in [7, 11) is 0. The summed E-state index contributed by atoms with van der Waals surface area (Å²) in [6.45, 7) is 4.93. The number of cyclic esters (lactones) is 1. The molecule has 2 heterocycles. The molecule has 34 heavy (non-hydrogen) atoms. The van der Waals surface area contributed by atoms with Crippen molar-refractivity contribution < 1.29 is 24.1 Å². The molecule has 0 bridgehead atoms. The maximum absolute atomic E-state index is 12.4. The number of aliphatic hydroxyl groups is 1. The third-order valence-electron chi connectivity index (χ3n) is 12.4. The van der Waals surface area contributed by atoms with Gasteiger partial charge < -0.3 is 19.3 Å². The van der Waals surface area contributed by atoms with E-state index in [0.29, 0.717) is 35.6 Å². The number of carbonyl (C=O) groups excluding carboxylic acids is 1. The van der Waals surface area contributed by atoms with Gasteiger partial charge in [-0.05, 0) is 125 Å². The average Bonchev–Trinajstić information content (AvgIpc) is 3.13. The molecule has 0 amide bonds. The van der Waals surface area contributed by atoms with Gasteiger partial charge in [-0.3, -0.25) is 0 Å². The highest BCUT2D eigenvalue weighted by atomic mass is 16.7. The van der Waals surface area contributed by atoms with E-state index in [1.54, 1.807) is 6.08 Å². The SMILES string of the molecule is CC1CCCC(OC2CCC34CC35CCC3(C)C(C6=CC(=O)OC6)CCC3(O)C5CCC4C2)O1. The van der Waals surface area contributed by atoms with Crippen LogP contribution in [0, 0.1) is 34.0 Å². The van der Waals surface area contributed by atoms with Crippen molar-refractivity contribution in [3.8, 4) is 0 Å². The summed E-state index contributed by atoms with van der Waals surface area (Å²) >= 11 is 0. The van der Waals surface area contributed by atoms with Gasteiger partial charge in [0, 0.05) is 11.5 Å². The summed E-state index contributed by atoms with van der Waals surface area (Å²) in [5, 5.41) is 12.4.